The van der Waals surface area contributed by atoms with Gasteiger partial charge in [-0.05, 0) is 42.0 Å². The summed E-state index contributed by atoms with van der Waals surface area (Å²) in [6.45, 7) is 0. The van der Waals surface area contributed by atoms with Crippen molar-refractivity contribution >= 4 is 33.5 Å². The van der Waals surface area contributed by atoms with E-state index in [2.05, 4.69) is 11.2 Å². The van der Waals surface area contributed by atoms with Gasteiger partial charge in [-0.25, -0.2) is 4.21 Å². The van der Waals surface area contributed by atoms with Crippen molar-refractivity contribution in [2.45, 2.75) is 0 Å². The highest BCUT2D eigenvalue weighted by atomic mass is 32.2. The molecule has 0 saturated heterocycles. The predicted octanol–water partition coefficient (Wildman–Crippen LogP) is 2.74. The summed E-state index contributed by atoms with van der Waals surface area (Å²) in [5, 5.41) is 13.9. The lowest BCUT2D eigenvalue weighted by molar-refractivity contribution is 0.215. The second kappa shape index (κ2) is 7.79. The Morgan fingerprint density at radius 2 is 2.14 bits per heavy atom. The van der Waals surface area contributed by atoms with E-state index in [9.17, 15) is 9.47 Å². The lowest BCUT2D eigenvalue weighted by Crippen LogP contribution is -2.03. The van der Waals surface area contributed by atoms with Crippen molar-refractivity contribution in [3.05, 3.63) is 46.9 Å². The van der Waals surface area contributed by atoms with E-state index in [0.717, 1.165) is 10.5 Å². The third-order valence-electron chi connectivity index (χ3n) is 2.60. The van der Waals surface area contributed by atoms with Crippen LogP contribution in [-0.4, -0.2) is 26.9 Å². The zero-order valence-corrected chi connectivity index (χ0v) is 13.2. The van der Waals surface area contributed by atoms with Gasteiger partial charge in [0.1, 0.15) is 24.0 Å². The molecule has 1 heterocycles. The van der Waals surface area contributed by atoms with Crippen LogP contribution in [0.5, 0.6) is 5.75 Å². The normalized spacial score (nSPS) is 18.9. The van der Waals surface area contributed by atoms with Crippen LogP contribution in [0.2, 0.25) is 0 Å². The van der Waals surface area contributed by atoms with Gasteiger partial charge >= 0.3 is 0 Å². The molecule has 22 heavy (non-hydrogen) atoms. The van der Waals surface area contributed by atoms with Gasteiger partial charge in [0.25, 0.3) is 0 Å². The number of ether oxygens (including phenoxy) is 1. The molecule has 1 unspecified atom stereocenters. The largest absolute Gasteiger partial charge is 0.478 e. The number of nitrogens with zero attached hydrogens (tertiary/aromatic N) is 2. The Hall–Kier alpha value is -2.08. The third-order valence-corrected chi connectivity index (χ3v) is 3.90. The fraction of sp³-hybridized carbons (Fsp3) is 0.143. The van der Waals surface area contributed by atoms with Crippen LogP contribution in [0.3, 0.4) is 0 Å². The molecular formula is C14H12N2O4S2. The van der Waals surface area contributed by atoms with E-state index in [4.69, 9.17) is 14.1 Å². The molecule has 1 aromatic carbocycles. The Balaban J connectivity index is 2.19. The lowest BCUT2D eigenvalue weighted by Gasteiger charge is -2.06. The standard InChI is InChI=1S/C14H12N2O4S2/c1-19-16-14-7-6-13(21-14)12(8-15)10-2-4-11(5-3-10)20-9-22(17)18/h2-7H,9H2,1H3,(H,17,18)/b13-12+,16-14?. The van der Waals surface area contributed by atoms with Gasteiger partial charge in [-0.2, -0.15) is 5.26 Å². The van der Waals surface area contributed by atoms with Crippen molar-refractivity contribution in [3.63, 3.8) is 0 Å². The third kappa shape index (κ3) is 4.21. The Kier molecular flexibility index (Phi) is 5.77. The van der Waals surface area contributed by atoms with E-state index in [1.54, 1.807) is 36.4 Å². The first-order valence-corrected chi connectivity index (χ1v) is 8.15. The van der Waals surface area contributed by atoms with Crippen molar-refractivity contribution in [1.82, 2.24) is 0 Å². The smallest absolute Gasteiger partial charge is 0.191 e. The molecule has 1 aromatic rings. The van der Waals surface area contributed by atoms with Crippen molar-refractivity contribution < 1.29 is 18.3 Å². The van der Waals surface area contributed by atoms with Gasteiger partial charge in [0.05, 0.1) is 5.57 Å². The highest BCUT2D eigenvalue weighted by molar-refractivity contribution is 8.18. The van der Waals surface area contributed by atoms with E-state index < -0.39 is 11.1 Å². The molecule has 0 bridgehead atoms. The summed E-state index contributed by atoms with van der Waals surface area (Å²) in [7, 11) is 1.46. The van der Waals surface area contributed by atoms with Crippen LogP contribution in [0.25, 0.3) is 5.57 Å². The topological polar surface area (TPSA) is 91.9 Å². The monoisotopic (exact) mass is 336 g/mol. The second-order valence-electron chi connectivity index (χ2n) is 4.01. The van der Waals surface area contributed by atoms with Gasteiger partial charge in [-0.3, -0.25) is 0 Å². The molecule has 114 valence electrons. The first kappa shape index (κ1) is 16.3. The summed E-state index contributed by atoms with van der Waals surface area (Å²) in [5.74, 6) is 0.172. The van der Waals surface area contributed by atoms with Gasteiger partial charge in [0.15, 0.2) is 17.0 Å². The Bertz CT molecular complexity index is 703. The van der Waals surface area contributed by atoms with Crippen LogP contribution in [0, 0.1) is 11.3 Å². The summed E-state index contributed by atoms with van der Waals surface area (Å²) < 4.78 is 24.3. The number of rotatable bonds is 5. The maximum atomic E-state index is 10.6. The van der Waals surface area contributed by atoms with Crippen LogP contribution in [0.1, 0.15) is 5.56 Å². The molecule has 0 fully saturated rings. The van der Waals surface area contributed by atoms with E-state index in [-0.39, 0.29) is 5.94 Å². The quantitative estimate of drug-likeness (QED) is 0.505. The van der Waals surface area contributed by atoms with E-state index in [0.29, 0.717) is 16.4 Å². The molecule has 0 spiro atoms. The molecule has 0 amide bonds. The van der Waals surface area contributed by atoms with Gasteiger partial charge in [-0.15, -0.1) is 0 Å². The van der Waals surface area contributed by atoms with Gasteiger partial charge < -0.3 is 14.1 Å². The van der Waals surface area contributed by atoms with E-state index >= 15 is 0 Å². The van der Waals surface area contributed by atoms with Crippen LogP contribution in [0.15, 0.2) is 46.5 Å². The fourth-order valence-corrected chi connectivity index (χ4v) is 2.81. The van der Waals surface area contributed by atoms with E-state index in [1.165, 1.54) is 18.9 Å². The molecule has 0 aliphatic carbocycles. The SMILES string of the molecule is CON=C1C=C/C(=C(/C#N)c2ccc(OCS(=O)O)cc2)S1. The Morgan fingerprint density at radius 1 is 1.41 bits per heavy atom. The molecule has 2 rings (SSSR count). The summed E-state index contributed by atoms with van der Waals surface area (Å²) in [6, 6.07) is 8.91. The molecule has 6 nitrogen and oxygen atoms in total. The zero-order valence-electron chi connectivity index (χ0n) is 11.6. The first-order valence-electron chi connectivity index (χ1n) is 6.06. The van der Waals surface area contributed by atoms with Crippen LogP contribution < -0.4 is 4.74 Å². The molecule has 0 aromatic heterocycles. The average Bonchev–Trinajstić information content (AvgIpc) is 2.96. The lowest BCUT2D eigenvalue weighted by atomic mass is 10.1. The minimum atomic E-state index is -2.01. The minimum absolute atomic E-state index is 0.291. The van der Waals surface area contributed by atoms with Crippen LogP contribution in [0.4, 0.5) is 0 Å². The fourth-order valence-electron chi connectivity index (χ4n) is 1.70. The highest BCUT2D eigenvalue weighted by Crippen LogP contribution is 2.34. The molecule has 1 N–H and O–H groups in total. The number of hydrogen-bond acceptors (Lipinski definition) is 6. The van der Waals surface area contributed by atoms with Gasteiger partial charge in [0.2, 0.25) is 0 Å². The molecule has 8 heteroatoms. The number of nitriles is 1. The van der Waals surface area contributed by atoms with Gasteiger partial charge in [0, 0.05) is 4.91 Å². The Morgan fingerprint density at radius 3 is 2.73 bits per heavy atom. The zero-order chi connectivity index (χ0) is 15.9. The highest BCUT2D eigenvalue weighted by Gasteiger charge is 2.15. The van der Waals surface area contributed by atoms with Crippen molar-refractivity contribution in [2.24, 2.45) is 5.16 Å². The van der Waals surface area contributed by atoms with Crippen molar-refractivity contribution in [1.29, 1.82) is 5.26 Å². The molecule has 0 radical (unpaired) electrons. The summed E-state index contributed by atoms with van der Waals surface area (Å²) in [4.78, 5) is 5.48. The van der Waals surface area contributed by atoms with Crippen molar-refractivity contribution in [2.75, 3.05) is 13.0 Å². The Labute approximate surface area is 134 Å². The molecule has 1 atom stereocenters. The van der Waals surface area contributed by atoms with Crippen LogP contribution >= 0.6 is 11.8 Å². The van der Waals surface area contributed by atoms with E-state index in [1.807, 2.05) is 0 Å². The number of allylic oxidation sites excluding steroid dienone is 2. The predicted molar refractivity (Wildman–Crippen MR) is 86.4 cm³/mol. The molecule has 1 aliphatic rings. The number of thioether (sulfide) groups is 1. The molecular weight excluding hydrogens is 324 g/mol. The summed E-state index contributed by atoms with van der Waals surface area (Å²) >= 11 is -0.664. The number of benzene rings is 1. The second-order valence-corrected chi connectivity index (χ2v) is 5.95. The minimum Gasteiger partial charge on any atom is -0.478 e. The maximum Gasteiger partial charge on any atom is 0.191 e. The van der Waals surface area contributed by atoms with Gasteiger partial charge in [-0.1, -0.05) is 16.9 Å². The van der Waals surface area contributed by atoms with Crippen molar-refractivity contribution in [3.8, 4) is 11.8 Å². The summed E-state index contributed by atoms with van der Waals surface area (Å²) in [5.41, 5.74) is 1.24. The summed E-state index contributed by atoms with van der Waals surface area (Å²) in [6.07, 6.45) is 3.58. The maximum absolute atomic E-state index is 10.6. The average molecular weight is 336 g/mol. The molecule has 0 saturated carbocycles. The first-order chi connectivity index (χ1) is 10.6. The molecule has 1 aliphatic heterocycles. The van der Waals surface area contributed by atoms with Crippen LogP contribution in [-0.2, 0) is 15.9 Å². The number of hydrogen-bond donors (Lipinski definition) is 1. The number of oxime groups is 1.